The van der Waals surface area contributed by atoms with Crippen LogP contribution in [0.15, 0.2) is 91.0 Å². The summed E-state index contributed by atoms with van der Waals surface area (Å²) in [5, 5.41) is 6.89. The SMILES string of the molecule is COc1ccc2c(O[C@@H]3C[C@H]4C(=O)N[C@]5(C(=O)NS(=O)(=O)C6(C)CC6)C[C@H]5/C=C\CCCCC[C@H](Nc5cccc(F)c5)C(=O)N4C3)cc(-c3ccccc3)nc2c1. The molecule has 3 fully saturated rings. The number of rotatable bonds is 9. The molecule has 1 aromatic heterocycles. The molecule has 4 aliphatic rings. The fraction of sp³-hybridized carbons (Fsp3) is 0.409. The largest absolute Gasteiger partial charge is 0.497 e. The van der Waals surface area contributed by atoms with E-state index in [9.17, 15) is 27.2 Å². The minimum Gasteiger partial charge on any atom is -0.497 e. The molecule has 3 amide bonds. The van der Waals surface area contributed by atoms with Gasteiger partial charge in [-0.2, -0.15) is 0 Å². The summed E-state index contributed by atoms with van der Waals surface area (Å²) in [6.07, 6.45) is 7.83. The van der Waals surface area contributed by atoms with Gasteiger partial charge in [0, 0.05) is 41.1 Å². The molecule has 2 aliphatic heterocycles. The summed E-state index contributed by atoms with van der Waals surface area (Å²) in [7, 11) is -2.41. The van der Waals surface area contributed by atoms with E-state index in [4.69, 9.17) is 14.5 Å². The molecule has 304 valence electrons. The van der Waals surface area contributed by atoms with Crippen LogP contribution in [-0.2, 0) is 24.4 Å². The van der Waals surface area contributed by atoms with E-state index >= 15 is 0 Å². The molecule has 8 rings (SSSR count). The van der Waals surface area contributed by atoms with E-state index in [0.29, 0.717) is 65.9 Å². The molecular formula is C44H48FN5O7S. The molecular weight excluding hydrogens is 762 g/mol. The number of nitrogens with zero attached hydrogens (tertiary/aromatic N) is 2. The van der Waals surface area contributed by atoms with Gasteiger partial charge in [-0.05, 0) is 75.8 Å². The van der Waals surface area contributed by atoms with Crippen LogP contribution in [0.1, 0.15) is 64.7 Å². The van der Waals surface area contributed by atoms with Gasteiger partial charge in [-0.3, -0.25) is 19.1 Å². The van der Waals surface area contributed by atoms with Crippen LogP contribution >= 0.6 is 0 Å². The van der Waals surface area contributed by atoms with Gasteiger partial charge < -0.3 is 25.0 Å². The van der Waals surface area contributed by atoms with Gasteiger partial charge in [-0.15, -0.1) is 0 Å². The maximum atomic E-state index is 14.8. The Morgan fingerprint density at radius 3 is 2.57 bits per heavy atom. The first-order valence-corrected chi connectivity index (χ1v) is 21.5. The smallest absolute Gasteiger partial charge is 0.259 e. The van der Waals surface area contributed by atoms with Gasteiger partial charge in [0.15, 0.2) is 0 Å². The first-order chi connectivity index (χ1) is 27.9. The molecule has 3 heterocycles. The number of aromatic nitrogens is 1. The Morgan fingerprint density at radius 2 is 1.81 bits per heavy atom. The number of amides is 3. The standard InChI is InChI=1S/C44H48FN5O7S/c1-43(20-21-43)58(54,55)49-42(53)44-26-29(44)14-9-4-3-5-10-17-35(46-31-16-11-15-30(45)22-31)41(52)50-27-33(24-38(50)40(51)48-44)57-39-25-36(28-12-7-6-8-13-28)47-37-23-32(56-2)18-19-34(37)39/h6-9,11-16,18-19,22-23,25,29,33,35,38,46H,3-5,10,17,20-21,24,26-27H2,1-2H3,(H,48,51)(H,49,53)/b14-9-/t29-,33-,35+,38+,44-/m1/s1. The second-order valence-corrected chi connectivity index (χ2v) is 18.4. The van der Waals surface area contributed by atoms with Crippen molar-refractivity contribution in [2.24, 2.45) is 5.92 Å². The van der Waals surface area contributed by atoms with Gasteiger partial charge in [0.05, 0.1) is 29.6 Å². The van der Waals surface area contributed by atoms with Gasteiger partial charge in [0.25, 0.3) is 5.91 Å². The average Bonchev–Trinajstić information content (AvgIpc) is 4.09. The quantitative estimate of drug-likeness (QED) is 0.166. The number of carbonyl (C=O) groups excluding carboxylic acids is 3. The normalized spacial score (nSPS) is 26.2. The molecule has 58 heavy (non-hydrogen) atoms. The Kier molecular flexibility index (Phi) is 10.6. The average molecular weight is 810 g/mol. The summed E-state index contributed by atoms with van der Waals surface area (Å²) in [6, 6.07) is 21.0. The zero-order valence-electron chi connectivity index (χ0n) is 32.6. The highest BCUT2D eigenvalue weighted by molar-refractivity contribution is 7.91. The minimum atomic E-state index is -3.99. The number of nitrogens with one attached hydrogen (secondary N) is 3. The fourth-order valence-electron chi connectivity index (χ4n) is 8.06. The van der Waals surface area contributed by atoms with Crippen molar-refractivity contribution in [2.45, 2.75) is 93.2 Å². The Hall–Kier alpha value is -5.50. The molecule has 2 saturated carbocycles. The Bertz CT molecular complexity index is 2370. The van der Waals surface area contributed by atoms with E-state index in [2.05, 4.69) is 15.4 Å². The van der Waals surface area contributed by atoms with Gasteiger partial charge in [-0.1, -0.05) is 61.4 Å². The first kappa shape index (κ1) is 39.3. The molecule has 0 radical (unpaired) electrons. The number of benzene rings is 3. The van der Waals surface area contributed by atoms with Crippen LogP contribution in [0.5, 0.6) is 11.5 Å². The van der Waals surface area contributed by atoms with Crippen LogP contribution in [0.4, 0.5) is 10.1 Å². The van der Waals surface area contributed by atoms with Gasteiger partial charge in [0.1, 0.15) is 41.0 Å². The highest BCUT2D eigenvalue weighted by Gasteiger charge is 2.63. The number of hydrogen-bond donors (Lipinski definition) is 3. The van der Waals surface area contributed by atoms with Crippen LogP contribution in [0.2, 0.25) is 0 Å². The van der Waals surface area contributed by atoms with Crippen molar-refractivity contribution < 1.29 is 36.7 Å². The van der Waals surface area contributed by atoms with Crippen molar-refractivity contribution >= 4 is 44.3 Å². The van der Waals surface area contributed by atoms with Gasteiger partial charge in [-0.25, -0.2) is 17.8 Å². The summed E-state index contributed by atoms with van der Waals surface area (Å²) in [5.74, 6) is -1.50. The summed E-state index contributed by atoms with van der Waals surface area (Å²) >= 11 is 0. The van der Waals surface area contributed by atoms with Gasteiger partial charge in [0.2, 0.25) is 21.8 Å². The lowest BCUT2D eigenvalue weighted by atomic mass is 10.0. The monoisotopic (exact) mass is 809 g/mol. The van der Waals surface area contributed by atoms with Crippen molar-refractivity contribution in [3.8, 4) is 22.8 Å². The van der Waals surface area contributed by atoms with Crippen molar-refractivity contribution in [1.82, 2.24) is 19.9 Å². The molecule has 14 heteroatoms. The van der Waals surface area contributed by atoms with E-state index in [0.717, 1.165) is 18.4 Å². The molecule has 0 spiro atoms. The van der Waals surface area contributed by atoms with Gasteiger partial charge >= 0.3 is 0 Å². The fourth-order valence-corrected chi connectivity index (χ4v) is 9.38. The number of methoxy groups -OCH3 is 1. The third kappa shape index (κ3) is 7.98. The van der Waals surface area contributed by atoms with E-state index in [1.807, 2.05) is 66.7 Å². The number of anilines is 1. The second-order valence-electron chi connectivity index (χ2n) is 16.2. The summed E-state index contributed by atoms with van der Waals surface area (Å²) in [6.45, 7) is 1.63. The zero-order valence-corrected chi connectivity index (χ0v) is 33.4. The molecule has 4 aromatic rings. The van der Waals surface area contributed by atoms with E-state index in [1.165, 1.54) is 17.0 Å². The number of fused-ring (bicyclic) bond motifs is 3. The van der Waals surface area contributed by atoms with E-state index in [-0.39, 0.29) is 25.3 Å². The summed E-state index contributed by atoms with van der Waals surface area (Å²) < 4.78 is 54.3. The Balaban J connectivity index is 1.14. The number of halogens is 1. The van der Waals surface area contributed by atoms with Crippen LogP contribution in [0, 0.1) is 11.7 Å². The molecule has 12 nitrogen and oxygen atoms in total. The molecule has 2 aliphatic carbocycles. The third-order valence-electron chi connectivity index (χ3n) is 12.0. The number of hydrogen-bond acceptors (Lipinski definition) is 9. The second kappa shape index (κ2) is 15.7. The molecule has 3 N–H and O–H groups in total. The minimum absolute atomic E-state index is 0.0359. The number of carbonyl (C=O) groups is 3. The molecule has 1 saturated heterocycles. The number of ether oxygens (including phenoxy) is 2. The predicted octanol–water partition coefficient (Wildman–Crippen LogP) is 6.27. The van der Waals surface area contributed by atoms with Crippen molar-refractivity contribution in [3.63, 3.8) is 0 Å². The highest BCUT2D eigenvalue weighted by Crippen LogP contribution is 2.47. The Morgan fingerprint density at radius 1 is 1.00 bits per heavy atom. The molecule has 3 aromatic carbocycles. The number of sulfonamides is 1. The third-order valence-corrected chi connectivity index (χ3v) is 14.1. The molecule has 5 atom stereocenters. The lowest BCUT2D eigenvalue weighted by Crippen LogP contribution is -2.58. The van der Waals surface area contributed by atoms with Crippen LogP contribution in [0.25, 0.3) is 22.2 Å². The van der Waals surface area contributed by atoms with Crippen LogP contribution in [0.3, 0.4) is 0 Å². The van der Waals surface area contributed by atoms with Crippen LogP contribution < -0.4 is 24.8 Å². The lowest BCUT2D eigenvalue weighted by Gasteiger charge is -2.30. The zero-order chi connectivity index (χ0) is 40.7. The lowest BCUT2D eigenvalue weighted by molar-refractivity contribution is -0.140. The number of pyridine rings is 1. The maximum absolute atomic E-state index is 14.8. The predicted molar refractivity (Wildman–Crippen MR) is 218 cm³/mol. The Labute approximate surface area is 337 Å². The summed E-state index contributed by atoms with van der Waals surface area (Å²) in [5.41, 5.74) is 1.08. The van der Waals surface area contributed by atoms with Crippen molar-refractivity contribution in [3.05, 3.63) is 96.8 Å². The van der Waals surface area contributed by atoms with Crippen molar-refractivity contribution in [2.75, 3.05) is 19.0 Å². The van der Waals surface area contributed by atoms with Crippen molar-refractivity contribution in [1.29, 1.82) is 0 Å². The highest BCUT2D eigenvalue weighted by atomic mass is 32.2. The topological polar surface area (TPSA) is 156 Å². The van der Waals surface area contributed by atoms with E-state index in [1.54, 1.807) is 26.2 Å². The van der Waals surface area contributed by atoms with E-state index < -0.39 is 62.0 Å². The first-order valence-electron chi connectivity index (χ1n) is 20.0. The maximum Gasteiger partial charge on any atom is 0.259 e. The molecule has 0 bridgehead atoms. The van der Waals surface area contributed by atoms with Crippen LogP contribution in [-0.4, -0.2) is 78.2 Å². The summed E-state index contributed by atoms with van der Waals surface area (Å²) in [4.78, 5) is 49.7. The molecule has 0 unspecified atom stereocenters. The number of allylic oxidation sites excluding steroid dienone is 1.